The van der Waals surface area contributed by atoms with Crippen molar-refractivity contribution in [1.82, 2.24) is 4.90 Å². The number of ether oxygens (including phenoxy) is 1. The molecule has 1 rings (SSSR count). The molecule has 1 aliphatic rings. The van der Waals surface area contributed by atoms with Crippen LogP contribution < -0.4 is 0 Å². The summed E-state index contributed by atoms with van der Waals surface area (Å²) in [6.45, 7) is 16.1. The molecule has 0 aromatic heterocycles. The van der Waals surface area contributed by atoms with E-state index in [4.69, 9.17) is 9.16 Å². The summed E-state index contributed by atoms with van der Waals surface area (Å²) in [5.41, 5.74) is -0.654. The van der Waals surface area contributed by atoms with Gasteiger partial charge in [-0.2, -0.15) is 0 Å². The molecule has 0 unspecified atom stereocenters. The highest BCUT2D eigenvalue weighted by atomic mass is 28.4. The fraction of sp³-hybridized carbons (Fsp3) is 0.875. The predicted octanol–water partition coefficient (Wildman–Crippen LogP) is 3.47. The number of hydrogen-bond donors (Lipinski definition) is 1. The van der Waals surface area contributed by atoms with E-state index in [1.54, 1.807) is 20.8 Å². The highest BCUT2D eigenvalue weighted by Gasteiger charge is 2.48. The maximum atomic E-state index is 12.3. The van der Waals surface area contributed by atoms with E-state index in [0.717, 1.165) is 0 Å². The Bertz CT molecular complexity index is 464. The summed E-state index contributed by atoms with van der Waals surface area (Å²) in [4.78, 5) is 25.3. The Labute approximate surface area is 140 Å². The third-order valence-electron chi connectivity index (χ3n) is 4.48. The Balaban J connectivity index is 2.93. The number of likely N-dealkylation sites (tertiary alicyclic amines) is 1. The van der Waals surface area contributed by atoms with E-state index in [2.05, 4.69) is 33.9 Å². The van der Waals surface area contributed by atoms with Gasteiger partial charge in [-0.3, -0.25) is 4.90 Å². The largest absolute Gasteiger partial charge is 0.480 e. The first-order valence-electron chi connectivity index (χ1n) is 8.06. The van der Waals surface area contributed by atoms with E-state index in [1.807, 2.05) is 0 Å². The number of nitrogens with zero attached hydrogens (tertiary/aromatic N) is 1. The van der Waals surface area contributed by atoms with E-state index >= 15 is 0 Å². The lowest BCUT2D eigenvalue weighted by Gasteiger charge is -2.39. The average molecular weight is 346 g/mol. The molecule has 0 saturated carbocycles. The summed E-state index contributed by atoms with van der Waals surface area (Å²) in [7, 11) is -2.11. The topological polar surface area (TPSA) is 76.1 Å². The molecule has 23 heavy (non-hydrogen) atoms. The quantitative estimate of drug-likeness (QED) is 0.793. The molecule has 1 aliphatic heterocycles. The van der Waals surface area contributed by atoms with Crippen LogP contribution >= 0.6 is 0 Å². The van der Waals surface area contributed by atoms with Crippen molar-refractivity contribution >= 4 is 20.4 Å². The number of carbonyl (C=O) groups excluding carboxylic acids is 1. The van der Waals surface area contributed by atoms with Crippen LogP contribution in [0, 0.1) is 0 Å². The van der Waals surface area contributed by atoms with Crippen LogP contribution in [0.5, 0.6) is 0 Å². The molecule has 2 atom stereocenters. The molecular weight excluding hydrogens is 314 g/mol. The average Bonchev–Trinajstić information content (AvgIpc) is 2.67. The van der Waals surface area contributed by atoms with Crippen molar-refractivity contribution in [2.24, 2.45) is 0 Å². The zero-order valence-corrected chi connectivity index (χ0v) is 16.6. The minimum atomic E-state index is -2.11. The van der Waals surface area contributed by atoms with Gasteiger partial charge in [-0.1, -0.05) is 20.8 Å². The summed E-state index contributed by atoms with van der Waals surface area (Å²) >= 11 is 0. The van der Waals surface area contributed by atoms with E-state index < -0.39 is 38.1 Å². The second-order valence-electron chi connectivity index (χ2n) is 8.66. The smallest absolute Gasteiger partial charge is 0.411 e. The van der Waals surface area contributed by atoms with Crippen LogP contribution in [0.15, 0.2) is 0 Å². The Hall–Kier alpha value is -1.08. The van der Waals surface area contributed by atoms with E-state index in [1.165, 1.54) is 4.90 Å². The van der Waals surface area contributed by atoms with E-state index in [0.29, 0.717) is 13.0 Å². The fourth-order valence-corrected chi connectivity index (χ4v) is 3.62. The molecule has 0 aliphatic carbocycles. The summed E-state index contributed by atoms with van der Waals surface area (Å²) < 4.78 is 11.6. The molecular formula is C16H31NO5Si. The van der Waals surface area contributed by atoms with Crippen LogP contribution in [0.2, 0.25) is 18.1 Å². The highest BCUT2D eigenvalue weighted by Crippen LogP contribution is 2.39. The first kappa shape index (κ1) is 20.0. The third-order valence-corrected chi connectivity index (χ3v) is 8.98. The molecule has 0 aromatic carbocycles. The normalized spacial score (nSPS) is 23.0. The van der Waals surface area contributed by atoms with Gasteiger partial charge in [0.1, 0.15) is 5.60 Å². The lowest BCUT2D eigenvalue weighted by atomic mass is 10.2. The maximum absolute atomic E-state index is 12.3. The second-order valence-corrected chi connectivity index (χ2v) is 13.4. The molecule has 1 amide bonds. The molecule has 134 valence electrons. The van der Waals surface area contributed by atoms with Gasteiger partial charge in [0, 0.05) is 6.54 Å². The van der Waals surface area contributed by atoms with Gasteiger partial charge < -0.3 is 14.3 Å². The maximum Gasteiger partial charge on any atom is 0.411 e. The van der Waals surface area contributed by atoms with Gasteiger partial charge >= 0.3 is 12.1 Å². The standard InChI is InChI=1S/C16H31NO5Si/c1-15(2,3)21-14(20)17-10-9-11(12(17)13(18)19)22-23(7,8)16(4,5)6/h11-12H,9-10H2,1-8H3,(H,18,19)/t11-,12+/m1/s1. The Morgan fingerprint density at radius 2 is 1.65 bits per heavy atom. The summed E-state index contributed by atoms with van der Waals surface area (Å²) in [6.07, 6.45) is -0.560. The van der Waals surface area contributed by atoms with Gasteiger partial charge in [0.05, 0.1) is 6.10 Å². The lowest BCUT2D eigenvalue weighted by molar-refractivity contribution is -0.144. The number of aliphatic carboxylic acids is 1. The lowest BCUT2D eigenvalue weighted by Crippen LogP contribution is -2.52. The van der Waals surface area contributed by atoms with Crippen LogP contribution in [0.3, 0.4) is 0 Å². The van der Waals surface area contributed by atoms with Crippen molar-refractivity contribution in [3.63, 3.8) is 0 Å². The highest BCUT2D eigenvalue weighted by molar-refractivity contribution is 6.74. The van der Waals surface area contributed by atoms with Crippen molar-refractivity contribution in [1.29, 1.82) is 0 Å². The van der Waals surface area contributed by atoms with Gasteiger partial charge in [-0.25, -0.2) is 9.59 Å². The molecule has 1 saturated heterocycles. The monoisotopic (exact) mass is 345 g/mol. The molecule has 0 spiro atoms. The number of amides is 1. The van der Waals surface area contributed by atoms with Crippen LogP contribution in [0.25, 0.3) is 0 Å². The summed E-state index contributed by atoms with van der Waals surface area (Å²) in [6, 6.07) is -0.987. The van der Waals surface area contributed by atoms with Crippen LogP contribution in [-0.2, 0) is 14.0 Å². The predicted molar refractivity (Wildman–Crippen MR) is 91.1 cm³/mol. The van der Waals surface area contributed by atoms with Crippen molar-refractivity contribution in [2.45, 2.75) is 83.8 Å². The van der Waals surface area contributed by atoms with Crippen LogP contribution in [0.4, 0.5) is 4.79 Å². The van der Waals surface area contributed by atoms with Gasteiger partial charge in [-0.15, -0.1) is 0 Å². The molecule has 6 nitrogen and oxygen atoms in total. The van der Waals surface area contributed by atoms with Crippen LogP contribution in [0.1, 0.15) is 48.0 Å². The number of carboxylic acids is 1. The Morgan fingerprint density at radius 3 is 2.04 bits per heavy atom. The van der Waals surface area contributed by atoms with E-state index in [-0.39, 0.29) is 5.04 Å². The fourth-order valence-electron chi connectivity index (χ4n) is 2.26. The minimum absolute atomic E-state index is 0.0185. The first-order valence-corrected chi connectivity index (χ1v) is 11.0. The van der Waals surface area contributed by atoms with E-state index in [9.17, 15) is 14.7 Å². The molecule has 7 heteroatoms. The van der Waals surface area contributed by atoms with Crippen molar-refractivity contribution in [3.8, 4) is 0 Å². The van der Waals surface area contributed by atoms with Crippen molar-refractivity contribution < 1.29 is 23.9 Å². The van der Waals surface area contributed by atoms with Crippen molar-refractivity contribution in [3.05, 3.63) is 0 Å². The zero-order chi connectivity index (χ0) is 18.2. The first-order chi connectivity index (χ1) is 10.2. The SMILES string of the molecule is CC(C)(C)OC(=O)N1CC[C@@H](O[Si](C)(C)C(C)(C)C)[C@H]1C(=O)O. The Kier molecular flexibility index (Phi) is 5.58. The van der Waals surface area contributed by atoms with Gasteiger partial charge in [0.2, 0.25) is 0 Å². The zero-order valence-electron chi connectivity index (χ0n) is 15.6. The molecule has 1 heterocycles. The summed E-state index contributed by atoms with van der Waals surface area (Å²) in [5.74, 6) is -1.04. The number of hydrogen-bond acceptors (Lipinski definition) is 4. The molecule has 1 N–H and O–H groups in total. The molecule has 0 radical (unpaired) electrons. The third kappa shape index (κ3) is 4.94. The molecule has 0 aromatic rings. The molecule has 0 bridgehead atoms. The molecule has 1 fully saturated rings. The summed E-state index contributed by atoms with van der Waals surface area (Å²) in [5, 5.41) is 9.57. The van der Waals surface area contributed by atoms with Gasteiger partial charge in [0.25, 0.3) is 0 Å². The van der Waals surface area contributed by atoms with Gasteiger partial charge in [0.15, 0.2) is 14.4 Å². The number of carboxylic acid groups (broad SMARTS) is 1. The number of carbonyl (C=O) groups is 2. The second kappa shape index (κ2) is 6.43. The minimum Gasteiger partial charge on any atom is -0.480 e. The number of rotatable bonds is 3. The van der Waals surface area contributed by atoms with Gasteiger partial charge in [-0.05, 0) is 45.3 Å². The van der Waals surface area contributed by atoms with Crippen LogP contribution in [-0.4, -0.2) is 54.7 Å². The van der Waals surface area contributed by atoms with Crippen molar-refractivity contribution in [2.75, 3.05) is 6.54 Å². The Morgan fingerprint density at radius 1 is 1.13 bits per heavy atom.